The van der Waals surface area contributed by atoms with E-state index in [1.807, 2.05) is 37.3 Å². The molecule has 0 aliphatic carbocycles. The fraction of sp³-hybridized carbons (Fsp3) is 0.316. The van der Waals surface area contributed by atoms with Gasteiger partial charge in [-0.1, -0.05) is 37.3 Å². The molecule has 0 fully saturated rings. The lowest BCUT2D eigenvalue weighted by molar-refractivity contribution is 0.0951. The number of benzene rings is 2. The third kappa shape index (κ3) is 4.46. The summed E-state index contributed by atoms with van der Waals surface area (Å²) in [6.45, 7) is 6.04. The molecule has 5 nitrogen and oxygen atoms in total. The maximum atomic E-state index is 12.5. The minimum atomic E-state index is -3.61. The number of hydrogen-bond donors (Lipinski definition) is 2. The molecular weight excluding hydrogens is 336 g/mol. The Hall–Kier alpha value is -2.18. The molecular formula is C19H24N2O3S. The number of amides is 1. The first-order chi connectivity index (χ1) is 11.8. The molecule has 0 spiro atoms. The maximum Gasteiger partial charge on any atom is 0.251 e. The van der Waals surface area contributed by atoms with Gasteiger partial charge < -0.3 is 5.32 Å². The van der Waals surface area contributed by atoms with Gasteiger partial charge in [-0.3, -0.25) is 4.79 Å². The average molecular weight is 360 g/mol. The number of sulfonamides is 1. The molecule has 6 heteroatoms. The van der Waals surface area contributed by atoms with Crippen LogP contribution < -0.4 is 10.0 Å². The van der Waals surface area contributed by atoms with Crippen LogP contribution >= 0.6 is 0 Å². The third-order valence-electron chi connectivity index (χ3n) is 4.38. The van der Waals surface area contributed by atoms with E-state index in [0.717, 1.165) is 11.1 Å². The largest absolute Gasteiger partial charge is 0.351 e. The van der Waals surface area contributed by atoms with Crippen LogP contribution in [0.3, 0.4) is 0 Å². The number of carbonyl (C=O) groups is 1. The van der Waals surface area contributed by atoms with Crippen molar-refractivity contribution in [2.75, 3.05) is 13.6 Å². The molecule has 0 aliphatic rings. The molecule has 0 radical (unpaired) electrons. The lowest BCUT2D eigenvalue weighted by atomic mass is 10.0. The Bertz CT molecular complexity index is 862. The van der Waals surface area contributed by atoms with E-state index in [9.17, 15) is 13.2 Å². The highest BCUT2D eigenvalue weighted by Gasteiger charge is 2.19. The van der Waals surface area contributed by atoms with Gasteiger partial charge in [0.15, 0.2) is 0 Å². The highest BCUT2D eigenvalue weighted by molar-refractivity contribution is 7.89. The molecule has 1 unspecified atom stereocenters. The standard InChI is InChI=1S/C19H24N2O3S/c1-13-10-17(11-18(15(13)3)25(23,24)20-4)19(22)21-12-14(2)16-8-6-5-7-9-16/h5-11,14,20H,12H2,1-4H3,(H,21,22). The number of nitrogens with one attached hydrogen (secondary N) is 2. The highest BCUT2D eigenvalue weighted by atomic mass is 32.2. The Morgan fingerprint density at radius 3 is 2.36 bits per heavy atom. The Balaban J connectivity index is 2.20. The van der Waals surface area contributed by atoms with E-state index in [1.54, 1.807) is 19.9 Å². The van der Waals surface area contributed by atoms with Crippen molar-refractivity contribution in [3.8, 4) is 0 Å². The van der Waals surface area contributed by atoms with Crippen LogP contribution in [0.15, 0.2) is 47.4 Å². The van der Waals surface area contributed by atoms with Crippen LogP contribution in [0.1, 0.15) is 39.9 Å². The summed E-state index contributed by atoms with van der Waals surface area (Å²) in [6, 6.07) is 13.1. The fourth-order valence-corrected chi connectivity index (χ4v) is 3.66. The first-order valence-electron chi connectivity index (χ1n) is 8.14. The molecule has 0 bridgehead atoms. The topological polar surface area (TPSA) is 75.3 Å². The molecule has 0 aromatic heterocycles. The summed E-state index contributed by atoms with van der Waals surface area (Å²) in [6.07, 6.45) is 0. The molecule has 2 rings (SSSR count). The van der Waals surface area contributed by atoms with Gasteiger partial charge >= 0.3 is 0 Å². The number of hydrogen-bond acceptors (Lipinski definition) is 3. The van der Waals surface area contributed by atoms with Gasteiger partial charge in [-0.25, -0.2) is 13.1 Å². The predicted molar refractivity (Wildman–Crippen MR) is 99.4 cm³/mol. The Morgan fingerprint density at radius 2 is 1.76 bits per heavy atom. The maximum absolute atomic E-state index is 12.5. The van der Waals surface area contributed by atoms with E-state index in [1.165, 1.54) is 13.1 Å². The summed E-state index contributed by atoms with van der Waals surface area (Å²) >= 11 is 0. The van der Waals surface area contributed by atoms with Gasteiger partial charge in [0.05, 0.1) is 4.90 Å². The second-order valence-electron chi connectivity index (χ2n) is 6.15. The van der Waals surface area contributed by atoms with E-state index < -0.39 is 10.0 Å². The zero-order valence-electron chi connectivity index (χ0n) is 15.0. The Morgan fingerprint density at radius 1 is 1.12 bits per heavy atom. The van der Waals surface area contributed by atoms with Crippen molar-refractivity contribution >= 4 is 15.9 Å². The quantitative estimate of drug-likeness (QED) is 0.832. The monoisotopic (exact) mass is 360 g/mol. The van der Waals surface area contributed by atoms with E-state index in [4.69, 9.17) is 0 Å². The van der Waals surface area contributed by atoms with Gasteiger partial charge in [-0.15, -0.1) is 0 Å². The smallest absolute Gasteiger partial charge is 0.251 e. The van der Waals surface area contributed by atoms with Gasteiger partial charge in [0.2, 0.25) is 10.0 Å². The van der Waals surface area contributed by atoms with Gasteiger partial charge in [0.25, 0.3) is 5.91 Å². The van der Waals surface area contributed by atoms with Crippen molar-refractivity contribution in [2.45, 2.75) is 31.6 Å². The second kappa shape index (κ2) is 7.80. The number of carbonyl (C=O) groups excluding carboxylic acids is 1. The Labute approximate surface area is 149 Å². The van der Waals surface area contributed by atoms with Crippen molar-refractivity contribution in [3.63, 3.8) is 0 Å². The average Bonchev–Trinajstić information content (AvgIpc) is 2.62. The van der Waals surface area contributed by atoms with Crippen molar-refractivity contribution in [1.29, 1.82) is 0 Å². The lowest BCUT2D eigenvalue weighted by Gasteiger charge is -2.15. The second-order valence-corrected chi connectivity index (χ2v) is 8.00. The SMILES string of the molecule is CNS(=O)(=O)c1cc(C(=O)NCC(C)c2ccccc2)cc(C)c1C. The summed E-state index contributed by atoms with van der Waals surface area (Å²) in [5.74, 6) is -0.115. The molecule has 0 saturated carbocycles. The summed E-state index contributed by atoms with van der Waals surface area (Å²) in [5.41, 5.74) is 2.89. The van der Waals surface area contributed by atoms with Gasteiger partial charge in [0.1, 0.15) is 0 Å². The highest BCUT2D eigenvalue weighted by Crippen LogP contribution is 2.21. The molecule has 25 heavy (non-hydrogen) atoms. The molecule has 0 heterocycles. The Kier molecular flexibility index (Phi) is 5.98. The number of rotatable bonds is 6. The van der Waals surface area contributed by atoms with Gasteiger partial charge in [-0.2, -0.15) is 0 Å². The van der Waals surface area contributed by atoms with Crippen molar-refractivity contribution in [3.05, 3.63) is 64.7 Å². The summed E-state index contributed by atoms with van der Waals surface area (Å²) in [4.78, 5) is 12.6. The van der Waals surface area contributed by atoms with Crippen LogP contribution in [0.25, 0.3) is 0 Å². The predicted octanol–water partition coefficient (Wildman–Crippen LogP) is 2.75. The molecule has 2 N–H and O–H groups in total. The van der Waals surface area contributed by atoms with Crippen LogP contribution in [0.2, 0.25) is 0 Å². The fourth-order valence-electron chi connectivity index (χ4n) is 2.59. The van der Waals surface area contributed by atoms with Crippen LogP contribution in [0.5, 0.6) is 0 Å². The minimum Gasteiger partial charge on any atom is -0.351 e. The summed E-state index contributed by atoms with van der Waals surface area (Å²) in [5, 5.41) is 2.89. The third-order valence-corrected chi connectivity index (χ3v) is 5.92. The summed E-state index contributed by atoms with van der Waals surface area (Å²) in [7, 11) is -2.25. The van der Waals surface area contributed by atoms with Crippen LogP contribution in [0, 0.1) is 13.8 Å². The van der Waals surface area contributed by atoms with E-state index in [2.05, 4.69) is 10.0 Å². The van der Waals surface area contributed by atoms with Gasteiger partial charge in [-0.05, 0) is 55.6 Å². The van der Waals surface area contributed by atoms with E-state index >= 15 is 0 Å². The first-order valence-corrected chi connectivity index (χ1v) is 9.62. The van der Waals surface area contributed by atoms with Crippen LogP contribution in [-0.4, -0.2) is 27.9 Å². The summed E-state index contributed by atoms with van der Waals surface area (Å²) < 4.78 is 26.6. The molecule has 1 atom stereocenters. The molecule has 0 aliphatic heterocycles. The van der Waals surface area contributed by atoms with Crippen LogP contribution in [-0.2, 0) is 10.0 Å². The molecule has 2 aromatic rings. The minimum absolute atomic E-state index is 0.135. The normalized spacial score (nSPS) is 12.6. The van der Waals surface area contributed by atoms with Crippen LogP contribution in [0.4, 0.5) is 0 Å². The van der Waals surface area contributed by atoms with E-state index in [-0.39, 0.29) is 16.7 Å². The zero-order chi connectivity index (χ0) is 18.6. The molecule has 2 aromatic carbocycles. The first kappa shape index (κ1) is 19.1. The zero-order valence-corrected chi connectivity index (χ0v) is 15.8. The van der Waals surface area contributed by atoms with E-state index in [0.29, 0.717) is 17.7 Å². The molecule has 1 amide bonds. The van der Waals surface area contributed by atoms with Crippen molar-refractivity contribution in [2.24, 2.45) is 0 Å². The van der Waals surface area contributed by atoms with Crippen molar-refractivity contribution < 1.29 is 13.2 Å². The van der Waals surface area contributed by atoms with Crippen molar-refractivity contribution in [1.82, 2.24) is 10.0 Å². The number of aryl methyl sites for hydroxylation is 1. The lowest BCUT2D eigenvalue weighted by Crippen LogP contribution is -2.28. The molecule has 0 saturated heterocycles. The van der Waals surface area contributed by atoms with Gasteiger partial charge in [0, 0.05) is 12.1 Å². The molecule has 134 valence electrons.